The van der Waals surface area contributed by atoms with Crippen molar-refractivity contribution in [3.8, 4) is 0 Å². The fraction of sp³-hybridized carbons (Fsp3) is 0.571. The van der Waals surface area contributed by atoms with Crippen LogP contribution >= 0.6 is 0 Å². The topological polar surface area (TPSA) is 12.0 Å². The molecule has 0 bridgehead atoms. The lowest BCUT2D eigenvalue weighted by Gasteiger charge is -2.43. The Morgan fingerprint density at radius 1 is 1.20 bits per heavy atom. The van der Waals surface area contributed by atoms with Gasteiger partial charge in [0.05, 0.1) is 0 Å². The van der Waals surface area contributed by atoms with E-state index in [1.165, 1.54) is 16.8 Å². The largest absolute Gasteiger partial charge is 0.380 e. The van der Waals surface area contributed by atoms with Gasteiger partial charge in [0, 0.05) is 11.2 Å². The Kier molecular flexibility index (Phi) is 2.29. The van der Waals surface area contributed by atoms with Crippen molar-refractivity contribution < 1.29 is 0 Å². The van der Waals surface area contributed by atoms with Gasteiger partial charge >= 0.3 is 0 Å². The van der Waals surface area contributed by atoms with Crippen molar-refractivity contribution in [3.05, 3.63) is 29.3 Å². The van der Waals surface area contributed by atoms with Crippen molar-refractivity contribution in [3.63, 3.8) is 0 Å². The summed E-state index contributed by atoms with van der Waals surface area (Å²) in [6.45, 7) is 11.4. The fourth-order valence-electron chi connectivity index (χ4n) is 2.53. The Morgan fingerprint density at radius 3 is 2.53 bits per heavy atom. The second-order valence-electron chi connectivity index (χ2n) is 5.51. The highest BCUT2D eigenvalue weighted by Gasteiger charge is 2.36. The quantitative estimate of drug-likeness (QED) is 0.673. The minimum Gasteiger partial charge on any atom is -0.380 e. The van der Waals surface area contributed by atoms with Gasteiger partial charge in [-0.05, 0) is 44.2 Å². The van der Waals surface area contributed by atoms with Gasteiger partial charge in [0.15, 0.2) is 0 Å². The zero-order valence-electron chi connectivity index (χ0n) is 10.4. The highest BCUT2D eigenvalue weighted by atomic mass is 15.0. The first-order valence-electron chi connectivity index (χ1n) is 5.80. The molecule has 0 saturated heterocycles. The predicted molar refractivity (Wildman–Crippen MR) is 66.5 cm³/mol. The molecular weight excluding hydrogens is 182 g/mol. The minimum absolute atomic E-state index is 0.196. The van der Waals surface area contributed by atoms with E-state index in [0.717, 1.165) is 0 Å². The van der Waals surface area contributed by atoms with Gasteiger partial charge in [-0.2, -0.15) is 0 Å². The van der Waals surface area contributed by atoms with E-state index in [2.05, 4.69) is 58.1 Å². The van der Waals surface area contributed by atoms with Crippen LogP contribution in [0.2, 0.25) is 0 Å². The zero-order chi connectivity index (χ0) is 11.2. The maximum atomic E-state index is 3.64. The Hall–Kier alpha value is -0.980. The Balaban J connectivity index is 2.50. The minimum atomic E-state index is 0.196. The van der Waals surface area contributed by atoms with Crippen LogP contribution in [0.4, 0.5) is 5.69 Å². The Morgan fingerprint density at radius 2 is 1.87 bits per heavy atom. The summed E-state index contributed by atoms with van der Waals surface area (Å²) < 4.78 is 0. The summed E-state index contributed by atoms with van der Waals surface area (Å²) in [5.41, 5.74) is 4.34. The lowest BCUT2D eigenvalue weighted by Crippen LogP contribution is -2.44. The number of hydrogen-bond acceptors (Lipinski definition) is 1. The van der Waals surface area contributed by atoms with Crippen LogP contribution in [0.15, 0.2) is 18.2 Å². The highest BCUT2D eigenvalue weighted by molar-refractivity contribution is 5.58. The maximum Gasteiger partial charge on any atom is 0.0379 e. The summed E-state index contributed by atoms with van der Waals surface area (Å²) in [6.07, 6.45) is 0. The van der Waals surface area contributed by atoms with E-state index in [4.69, 9.17) is 0 Å². The van der Waals surface area contributed by atoms with Crippen molar-refractivity contribution in [1.82, 2.24) is 0 Å². The fourth-order valence-corrected chi connectivity index (χ4v) is 2.53. The van der Waals surface area contributed by atoms with Crippen LogP contribution in [0.5, 0.6) is 0 Å². The van der Waals surface area contributed by atoms with Gasteiger partial charge in [0.1, 0.15) is 0 Å². The highest BCUT2D eigenvalue weighted by Crippen LogP contribution is 2.42. The number of benzene rings is 1. The Bertz CT molecular complexity index is 379. The molecular formula is C14H21N. The molecule has 1 heterocycles. The molecule has 0 fully saturated rings. The van der Waals surface area contributed by atoms with E-state index in [1.54, 1.807) is 0 Å². The van der Waals surface area contributed by atoms with Crippen molar-refractivity contribution in [1.29, 1.82) is 0 Å². The maximum absolute atomic E-state index is 3.64. The average molecular weight is 203 g/mol. The molecule has 15 heavy (non-hydrogen) atoms. The van der Waals surface area contributed by atoms with E-state index in [9.17, 15) is 0 Å². The second-order valence-corrected chi connectivity index (χ2v) is 5.51. The molecule has 0 aromatic heterocycles. The molecule has 82 valence electrons. The zero-order valence-corrected chi connectivity index (χ0v) is 10.4. The predicted octanol–water partition coefficient (Wildman–Crippen LogP) is 3.94. The number of fused-ring (bicyclic) bond motifs is 1. The third kappa shape index (κ3) is 1.64. The molecule has 0 amide bonds. The molecule has 0 saturated carbocycles. The van der Waals surface area contributed by atoms with Crippen LogP contribution in [0.1, 0.15) is 44.7 Å². The molecule has 0 radical (unpaired) electrons. The van der Waals surface area contributed by atoms with Crippen LogP contribution < -0.4 is 5.32 Å². The number of aryl methyl sites for hydroxylation is 1. The summed E-state index contributed by atoms with van der Waals surface area (Å²) in [7, 11) is 0. The molecule has 1 heteroatoms. The van der Waals surface area contributed by atoms with Gasteiger partial charge in [-0.15, -0.1) is 0 Å². The first-order valence-corrected chi connectivity index (χ1v) is 5.80. The molecule has 1 aromatic carbocycles. The Labute approximate surface area is 92.9 Å². The lowest BCUT2D eigenvalue weighted by molar-refractivity contribution is 0.316. The van der Waals surface area contributed by atoms with Crippen molar-refractivity contribution >= 4 is 5.69 Å². The summed E-state index contributed by atoms with van der Waals surface area (Å²) >= 11 is 0. The third-order valence-corrected chi connectivity index (χ3v) is 4.04. The number of anilines is 1. The second kappa shape index (κ2) is 3.26. The van der Waals surface area contributed by atoms with E-state index in [1.807, 2.05) is 0 Å². The van der Waals surface area contributed by atoms with Gasteiger partial charge in [0.2, 0.25) is 0 Å². The van der Waals surface area contributed by atoms with Gasteiger partial charge in [-0.3, -0.25) is 0 Å². The first kappa shape index (κ1) is 10.5. The van der Waals surface area contributed by atoms with E-state index in [0.29, 0.717) is 11.8 Å². The standard InChI is InChI=1S/C14H21N/c1-9-6-7-13-12(8-9)10(2)11(3)14(4,5)15-13/h6-8,10-11,15H,1-5H3. The smallest absolute Gasteiger partial charge is 0.0379 e. The number of nitrogens with one attached hydrogen (secondary N) is 1. The summed E-state index contributed by atoms with van der Waals surface area (Å²) in [4.78, 5) is 0. The van der Waals surface area contributed by atoms with Crippen LogP contribution in [0.3, 0.4) is 0 Å². The van der Waals surface area contributed by atoms with E-state index < -0.39 is 0 Å². The SMILES string of the molecule is Cc1ccc2c(c1)C(C)C(C)C(C)(C)N2. The summed E-state index contributed by atoms with van der Waals surface area (Å²) in [6, 6.07) is 6.72. The molecule has 2 atom stereocenters. The monoisotopic (exact) mass is 203 g/mol. The molecule has 1 aliphatic heterocycles. The molecule has 1 aliphatic rings. The average Bonchev–Trinajstić information content (AvgIpc) is 2.16. The first-order chi connectivity index (χ1) is 6.92. The van der Waals surface area contributed by atoms with Crippen LogP contribution in [0.25, 0.3) is 0 Å². The molecule has 0 spiro atoms. The van der Waals surface area contributed by atoms with Gasteiger partial charge in [-0.1, -0.05) is 31.5 Å². The van der Waals surface area contributed by atoms with E-state index >= 15 is 0 Å². The molecule has 2 rings (SSSR count). The molecule has 1 aromatic rings. The molecule has 2 unspecified atom stereocenters. The van der Waals surface area contributed by atoms with Crippen LogP contribution in [-0.2, 0) is 0 Å². The van der Waals surface area contributed by atoms with Crippen molar-refractivity contribution in [2.45, 2.75) is 46.1 Å². The third-order valence-electron chi connectivity index (χ3n) is 4.04. The lowest BCUT2D eigenvalue weighted by atomic mass is 9.73. The summed E-state index contributed by atoms with van der Waals surface area (Å²) in [5, 5.41) is 3.64. The van der Waals surface area contributed by atoms with Crippen molar-refractivity contribution in [2.24, 2.45) is 5.92 Å². The molecule has 0 aliphatic carbocycles. The van der Waals surface area contributed by atoms with E-state index in [-0.39, 0.29) is 5.54 Å². The molecule has 1 nitrogen and oxygen atoms in total. The number of hydrogen-bond donors (Lipinski definition) is 1. The molecule has 1 N–H and O–H groups in total. The van der Waals surface area contributed by atoms with Crippen LogP contribution in [0, 0.1) is 12.8 Å². The summed E-state index contributed by atoms with van der Waals surface area (Å²) in [5.74, 6) is 1.29. The van der Waals surface area contributed by atoms with Crippen molar-refractivity contribution in [2.75, 3.05) is 5.32 Å². The normalized spacial score (nSPS) is 28.1. The van der Waals surface area contributed by atoms with Gasteiger partial charge in [-0.25, -0.2) is 0 Å². The van der Waals surface area contributed by atoms with Gasteiger partial charge < -0.3 is 5.32 Å². The van der Waals surface area contributed by atoms with Gasteiger partial charge in [0.25, 0.3) is 0 Å². The number of rotatable bonds is 0. The van der Waals surface area contributed by atoms with Crippen LogP contribution in [-0.4, -0.2) is 5.54 Å².